The van der Waals surface area contributed by atoms with Crippen LogP contribution in [0.2, 0.25) is 0 Å². The van der Waals surface area contributed by atoms with Gasteiger partial charge in [-0.1, -0.05) is 0 Å². The van der Waals surface area contributed by atoms with E-state index in [0.717, 1.165) is 0 Å². The van der Waals surface area contributed by atoms with E-state index in [2.05, 4.69) is 0 Å². The minimum atomic E-state index is -5.18. The van der Waals surface area contributed by atoms with Crippen molar-refractivity contribution >= 4 is 0 Å². The Morgan fingerprint density at radius 1 is 0.714 bits per heavy atom. The van der Waals surface area contributed by atoms with Crippen LogP contribution in [0.3, 0.4) is 0 Å². The fraction of sp³-hybridized carbons (Fsp3) is 1.00. The molecule has 0 saturated heterocycles. The van der Waals surface area contributed by atoms with Gasteiger partial charge >= 0.3 is 12.4 Å². The van der Waals surface area contributed by atoms with Crippen LogP contribution in [0, 0.1) is 11.8 Å². The van der Waals surface area contributed by atoms with Gasteiger partial charge in [0.05, 0.1) is 25.0 Å². The van der Waals surface area contributed by atoms with Crippen molar-refractivity contribution in [1.82, 2.24) is 0 Å². The maximum Gasteiger partial charge on any atom is 0.394 e. The molecule has 0 fully saturated rings. The molecular weight excluding hydrogens is 218 g/mol. The maximum atomic E-state index is 11.9. The number of aliphatic hydroxyl groups excluding tert-OH is 2. The summed E-state index contributed by atoms with van der Waals surface area (Å²) in [6, 6.07) is 0. The molecule has 2 nitrogen and oxygen atoms in total. The third-order valence-electron chi connectivity index (χ3n) is 1.72. The van der Waals surface area contributed by atoms with Gasteiger partial charge in [-0.2, -0.15) is 26.3 Å². The van der Waals surface area contributed by atoms with E-state index in [1.807, 2.05) is 0 Å². The van der Waals surface area contributed by atoms with Crippen molar-refractivity contribution in [3.63, 3.8) is 0 Å². The van der Waals surface area contributed by atoms with Crippen LogP contribution in [0.5, 0.6) is 0 Å². The molecule has 0 spiro atoms. The minimum absolute atomic E-state index is 1.70. The molecule has 0 aromatic rings. The van der Waals surface area contributed by atoms with Crippen LogP contribution in [0.1, 0.15) is 0 Å². The molecule has 0 aromatic heterocycles. The highest BCUT2D eigenvalue weighted by molar-refractivity contribution is 4.80. The molecule has 8 heteroatoms. The molecule has 0 heterocycles. The normalized spacial score (nSPS) is 18.0. The van der Waals surface area contributed by atoms with E-state index < -0.39 is 37.4 Å². The summed E-state index contributed by atoms with van der Waals surface area (Å²) in [7, 11) is 0. The van der Waals surface area contributed by atoms with Crippen molar-refractivity contribution in [2.75, 3.05) is 13.2 Å². The van der Waals surface area contributed by atoms with Crippen molar-refractivity contribution in [2.45, 2.75) is 12.4 Å². The molecule has 86 valence electrons. The van der Waals surface area contributed by atoms with Crippen molar-refractivity contribution < 1.29 is 36.6 Å². The third-order valence-corrected chi connectivity index (χ3v) is 1.72. The van der Waals surface area contributed by atoms with E-state index in [-0.39, 0.29) is 0 Å². The smallest absolute Gasteiger partial charge is 0.394 e. The number of aliphatic hydroxyl groups is 2. The molecule has 0 bridgehead atoms. The Morgan fingerprint density at radius 2 is 0.929 bits per heavy atom. The highest BCUT2D eigenvalue weighted by Gasteiger charge is 2.54. The molecule has 2 atom stereocenters. The van der Waals surface area contributed by atoms with Gasteiger partial charge in [-0.05, 0) is 0 Å². The Morgan fingerprint density at radius 3 is 1.00 bits per heavy atom. The lowest BCUT2D eigenvalue weighted by Crippen LogP contribution is -2.43. The molecule has 0 aliphatic carbocycles. The van der Waals surface area contributed by atoms with Crippen LogP contribution >= 0.6 is 0 Å². The van der Waals surface area contributed by atoms with E-state index in [0.29, 0.717) is 0 Å². The summed E-state index contributed by atoms with van der Waals surface area (Å²) in [6.07, 6.45) is -10.4. The van der Waals surface area contributed by atoms with Crippen LogP contribution in [-0.4, -0.2) is 35.8 Å². The lowest BCUT2D eigenvalue weighted by Gasteiger charge is -2.27. The zero-order chi connectivity index (χ0) is 11.6. The standard InChI is InChI=1S/C6H8F6O2/c7-5(8,9)3(1-13)4(2-14)6(10,11)12/h3-4,13-14H,1-2H2. The summed E-state index contributed by atoms with van der Waals surface area (Å²) in [5.74, 6) is -5.96. The van der Waals surface area contributed by atoms with Gasteiger partial charge in [0.2, 0.25) is 0 Å². The number of halogens is 6. The largest absolute Gasteiger partial charge is 0.396 e. The predicted octanol–water partition coefficient (Wildman–Crippen LogP) is 1.33. The monoisotopic (exact) mass is 226 g/mol. The first-order chi connectivity index (χ1) is 6.14. The molecule has 14 heavy (non-hydrogen) atoms. The summed E-state index contributed by atoms with van der Waals surface area (Å²) >= 11 is 0. The van der Waals surface area contributed by atoms with Gasteiger partial charge in [-0.3, -0.25) is 0 Å². The van der Waals surface area contributed by atoms with Crippen molar-refractivity contribution in [1.29, 1.82) is 0 Å². The first kappa shape index (κ1) is 13.5. The Labute approximate surface area is 75.1 Å². The lowest BCUT2D eigenvalue weighted by atomic mass is 9.92. The predicted molar refractivity (Wildman–Crippen MR) is 33.3 cm³/mol. The number of hydrogen-bond donors (Lipinski definition) is 2. The van der Waals surface area contributed by atoms with Gasteiger partial charge in [-0.25, -0.2) is 0 Å². The summed E-state index contributed by atoms with van der Waals surface area (Å²) in [5, 5.41) is 16.4. The van der Waals surface area contributed by atoms with E-state index in [4.69, 9.17) is 10.2 Å². The van der Waals surface area contributed by atoms with Crippen molar-refractivity contribution in [3.05, 3.63) is 0 Å². The second-order valence-corrected chi connectivity index (χ2v) is 2.66. The maximum absolute atomic E-state index is 11.9. The molecule has 0 rings (SSSR count). The van der Waals surface area contributed by atoms with E-state index in [1.54, 1.807) is 0 Å². The minimum Gasteiger partial charge on any atom is -0.396 e. The average molecular weight is 226 g/mol. The molecule has 2 N–H and O–H groups in total. The third kappa shape index (κ3) is 3.33. The summed E-state index contributed by atoms with van der Waals surface area (Å²) in [4.78, 5) is 0. The molecule has 0 saturated carbocycles. The van der Waals surface area contributed by atoms with Crippen LogP contribution in [-0.2, 0) is 0 Å². The first-order valence-electron chi connectivity index (χ1n) is 3.49. The Balaban J connectivity index is 4.81. The molecule has 0 aliphatic heterocycles. The van der Waals surface area contributed by atoms with E-state index in [9.17, 15) is 26.3 Å². The zero-order valence-corrected chi connectivity index (χ0v) is 6.73. The molecule has 2 unspecified atom stereocenters. The molecule has 0 aromatic carbocycles. The summed E-state index contributed by atoms with van der Waals surface area (Å²) in [5.41, 5.74) is 0. The molecule has 0 amide bonds. The van der Waals surface area contributed by atoms with E-state index >= 15 is 0 Å². The van der Waals surface area contributed by atoms with Gasteiger partial charge < -0.3 is 10.2 Å². The number of hydrogen-bond acceptors (Lipinski definition) is 2. The van der Waals surface area contributed by atoms with Crippen LogP contribution < -0.4 is 0 Å². The van der Waals surface area contributed by atoms with Crippen LogP contribution in [0.25, 0.3) is 0 Å². The first-order valence-corrected chi connectivity index (χ1v) is 3.49. The molecular formula is C6H8F6O2. The quantitative estimate of drug-likeness (QED) is 0.712. The van der Waals surface area contributed by atoms with Gasteiger partial charge in [0.25, 0.3) is 0 Å². The van der Waals surface area contributed by atoms with E-state index in [1.165, 1.54) is 0 Å². The lowest BCUT2D eigenvalue weighted by molar-refractivity contribution is -0.266. The van der Waals surface area contributed by atoms with Crippen molar-refractivity contribution in [3.8, 4) is 0 Å². The van der Waals surface area contributed by atoms with Gasteiger partial charge in [-0.15, -0.1) is 0 Å². The Hall–Kier alpha value is -0.500. The Kier molecular flexibility index (Phi) is 4.19. The second kappa shape index (κ2) is 4.35. The SMILES string of the molecule is OCC(C(CO)C(F)(F)F)C(F)(F)F. The fourth-order valence-corrected chi connectivity index (χ4v) is 0.918. The highest BCUT2D eigenvalue weighted by Crippen LogP contribution is 2.40. The summed E-state index contributed by atoms with van der Waals surface area (Å²) in [6.45, 7) is -3.40. The highest BCUT2D eigenvalue weighted by atomic mass is 19.4. The second-order valence-electron chi connectivity index (χ2n) is 2.66. The zero-order valence-electron chi connectivity index (χ0n) is 6.73. The van der Waals surface area contributed by atoms with Crippen LogP contribution in [0.15, 0.2) is 0 Å². The van der Waals surface area contributed by atoms with Gasteiger partial charge in [0.1, 0.15) is 0 Å². The van der Waals surface area contributed by atoms with Crippen molar-refractivity contribution in [2.24, 2.45) is 11.8 Å². The van der Waals surface area contributed by atoms with Gasteiger partial charge in [0, 0.05) is 0 Å². The molecule has 0 aliphatic rings. The number of rotatable bonds is 3. The van der Waals surface area contributed by atoms with Gasteiger partial charge in [0.15, 0.2) is 0 Å². The number of alkyl halides is 6. The Bertz CT molecular complexity index is 154. The topological polar surface area (TPSA) is 40.5 Å². The molecule has 0 radical (unpaired) electrons. The fourth-order valence-electron chi connectivity index (χ4n) is 0.918. The summed E-state index contributed by atoms with van der Waals surface area (Å²) < 4.78 is 71.5. The average Bonchev–Trinajstić information content (AvgIpc) is 1.94. The van der Waals surface area contributed by atoms with Crippen LogP contribution in [0.4, 0.5) is 26.3 Å².